The molecule has 0 aliphatic heterocycles. The number of ketones is 1. The molecule has 1 amide bonds. The van der Waals surface area contributed by atoms with E-state index in [1.54, 1.807) is 24.3 Å². The summed E-state index contributed by atoms with van der Waals surface area (Å²) in [5, 5.41) is 17.2. The van der Waals surface area contributed by atoms with Crippen LogP contribution in [0, 0.1) is 11.6 Å². The molecule has 8 nitrogen and oxygen atoms in total. The summed E-state index contributed by atoms with van der Waals surface area (Å²) in [6.45, 7) is 1.95. The molecule has 10 heteroatoms. The fourth-order valence-corrected chi connectivity index (χ4v) is 4.40. The van der Waals surface area contributed by atoms with Crippen LogP contribution in [0.4, 0.5) is 20.2 Å². The van der Waals surface area contributed by atoms with Gasteiger partial charge in [0.05, 0.1) is 18.1 Å². The van der Waals surface area contributed by atoms with E-state index in [1.807, 2.05) is 30.3 Å². The molecular weight excluding hydrogens is 542 g/mol. The number of aliphatic hydroxyl groups excluding tert-OH is 1. The van der Waals surface area contributed by atoms with Gasteiger partial charge in [0, 0.05) is 42.0 Å². The number of imidazole rings is 1. The van der Waals surface area contributed by atoms with Crippen LogP contribution in [0.1, 0.15) is 34.2 Å². The predicted molar refractivity (Wildman–Crippen MR) is 157 cm³/mol. The van der Waals surface area contributed by atoms with Crippen LogP contribution in [0.15, 0.2) is 84.9 Å². The molecule has 212 valence electrons. The van der Waals surface area contributed by atoms with Crippen molar-refractivity contribution >= 4 is 45.4 Å². The topological polar surface area (TPSA) is 116 Å². The lowest BCUT2D eigenvalue weighted by Crippen LogP contribution is -2.08. The number of Topliss-reactive ketones (excluding diaryl/α,β-unsaturated/α-hetero) is 1. The summed E-state index contributed by atoms with van der Waals surface area (Å²) in [4.78, 5) is 32.5. The molecular formula is C32H26F2N4O4. The molecule has 0 bridgehead atoms. The number of anilines is 2. The lowest BCUT2D eigenvalue weighted by atomic mass is 9.98. The lowest BCUT2D eigenvalue weighted by molar-refractivity contribution is -0.114. The number of rotatable bonds is 9. The van der Waals surface area contributed by atoms with E-state index in [2.05, 4.69) is 20.6 Å². The van der Waals surface area contributed by atoms with E-state index in [1.165, 1.54) is 26.2 Å². The third-order valence-corrected chi connectivity index (χ3v) is 6.44. The number of carbonyl (C=O) groups is 2. The van der Waals surface area contributed by atoms with Crippen LogP contribution >= 0.6 is 0 Å². The average molecular weight is 569 g/mol. The number of fused-ring (bicyclic) bond motifs is 1. The van der Waals surface area contributed by atoms with Crippen molar-refractivity contribution < 1.29 is 28.2 Å². The molecule has 5 rings (SSSR count). The van der Waals surface area contributed by atoms with E-state index in [-0.39, 0.29) is 28.4 Å². The molecule has 4 N–H and O–H groups in total. The highest BCUT2D eigenvalue weighted by molar-refractivity contribution is 6.33. The number of allylic oxidation sites excluding steroid dienone is 1. The first-order chi connectivity index (χ1) is 20.2. The van der Waals surface area contributed by atoms with Gasteiger partial charge in [-0.25, -0.2) is 13.8 Å². The number of nitrogens with zero attached hydrogens (tertiary/aromatic N) is 1. The van der Waals surface area contributed by atoms with Crippen LogP contribution in [-0.2, 0) is 11.3 Å². The van der Waals surface area contributed by atoms with Gasteiger partial charge in [-0.1, -0.05) is 12.1 Å². The summed E-state index contributed by atoms with van der Waals surface area (Å²) in [6, 6.07) is 21.5. The Balaban J connectivity index is 1.48. The van der Waals surface area contributed by atoms with Gasteiger partial charge < -0.3 is 25.5 Å². The molecule has 0 aliphatic carbocycles. The predicted octanol–water partition coefficient (Wildman–Crippen LogP) is 6.73. The standard InChI is InChI=1S/C32H26F2N4O4/c1-18(39)36-24-7-3-19(4-8-24)17-35-25-9-12-27-28(16-25)38-32(37-27)29(30(40)20-5-10-26(42-2)11-6-20)31(41)21-13-22(33)15-23(34)14-21/h3-16,35,41H,17H2,1-2H3,(H,36,39)(H,37,38)/b31-29-. The Bertz CT molecular complexity index is 1790. The van der Waals surface area contributed by atoms with Crippen molar-refractivity contribution in [2.24, 2.45) is 0 Å². The van der Waals surface area contributed by atoms with E-state index in [0.29, 0.717) is 35.1 Å². The number of amides is 1. The van der Waals surface area contributed by atoms with Crippen LogP contribution in [0.25, 0.3) is 22.4 Å². The van der Waals surface area contributed by atoms with E-state index in [4.69, 9.17) is 4.74 Å². The Labute approximate surface area is 239 Å². The first-order valence-corrected chi connectivity index (χ1v) is 12.9. The molecule has 0 spiro atoms. The van der Waals surface area contributed by atoms with Crippen LogP contribution in [0.5, 0.6) is 5.75 Å². The number of H-pyrrole nitrogens is 1. The Morgan fingerprint density at radius 1 is 0.881 bits per heavy atom. The first kappa shape index (κ1) is 28.0. The Kier molecular flexibility index (Phi) is 7.96. The van der Waals surface area contributed by atoms with Gasteiger partial charge in [-0.3, -0.25) is 9.59 Å². The Morgan fingerprint density at radius 2 is 1.55 bits per heavy atom. The van der Waals surface area contributed by atoms with Crippen molar-refractivity contribution in [2.75, 3.05) is 17.7 Å². The second-order valence-electron chi connectivity index (χ2n) is 9.49. The van der Waals surface area contributed by atoms with Gasteiger partial charge in [-0.15, -0.1) is 0 Å². The van der Waals surface area contributed by atoms with E-state index in [9.17, 15) is 23.5 Å². The summed E-state index contributed by atoms with van der Waals surface area (Å²) >= 11 is 0. The maximum Gasteiger partial charge on any atom is 0.221 e. The molecule has 0 aliphatic rings. The van der Waals surface area contributed by atoms with E-state index in [0.717, 1.165) is 23.4 Å². The van der Waals surface area contributed by atoms with Crippen molar-refractivity contribution in [3.63, 3.8) is 0 Å². The maximum absolute atomic E-state index is 14.0. The third-order valence-electron chi connectivity index (χ3n) is 6.44. The quantitative estimate of drug-likeness (QED) is 0.0890. The molecule has 0 unspecified atom stereocenters. The molecule has 1 aromatic heterocycles. The number of methoxy groups -OCH3 is 1. The lowest BCUT2D eigenvalue weighted by Gasteiger charge is -2.10. The monoisotopic (exact) mass is 568 g/mol. The highest BCUT2D eigenvalue weighted by Gasteiger charge is 2.24. The molecule has 0 saturated carbocycles. The number of benzene rings is 4. The number of aliphatic hydroxyl groups is 1. The smallest absolute Gasteiger partial charge is 0.221 e. The summed E-state index contributed by atoms with van der Waals surface area (Å²) in [6.07, 6.45) is 0. The fraction of sp³-hybridized carbons (Fsp3) is 0.0938. The van der Waals surface area contributed by atoms with Crippen LogP contribution in [0.2, 0.25) is 0 Å². The van der Waals surface area contributed by atoms with Crippen molar-refractivity contribution in [2.45, 2.75) is 13.5 Å². The molecule has 42 heavy (non-hydrogen) atoms. The van der Waals surface area contributed by atoms with Crippen LogP contribution in [-0.4, -0.2) is 33.9 Å². The van der Waals surface area contributed by atoms with Crippen molar-refractivity contribution in [3.05, 3.63) is 119 Å². The second-order valence-corrected chi connectivity index (χ2v) is 9.49. The molecule has 0 fully saturated rings. The minimum atomic E-state index is -0.905. The summed E-state index contributed by atoms with van der Waals surface area (Å²) in [5.74, 6) is -2.64. The molecule has 0 atom stereocenters. The fourth-order valence-electron chi connectivity index (χ4n) is 4.40. The van der Waals surface area contributed by atoms with Crippen molar-refractivity contribution in [3.8, 4) is 5.75 Å². The van der Waals surface area contributed by atoms with E-state index < -0.39 is 23.2 Å². The number of nitrogens with one attached hydrogen (secondary N) is 3. The van der Waals surface area contributed by atoms with Crippen molar-refractivity contribution in [1.29, 1.82) is 0 Å². The zero-order valence-electron chi connectivity index (χ0n) is 22.7. The summed E-state index contributed by atoms with van der Waals surface area (Å²) in [5.41, 5.74) is 3.26. The third kappa shape index (κ3) is 6.28. The molecule has 0 radical (unpaired) electrons. The first-order valence-electron chi connectivity index (χ1n) is 12.9. The largest absolute Gasteiger partial charge is 0.506 e. The maximum atomic E-state index is 14.0. The zero-order chi connectivity index (χ0) is 29.8. The highest BCUT2D eigenvalue weighted by Crippen LogP contribution is 2.30. The Hall–Kier alpha value is -5.51. The van der Waals surface area contributed by atoms with Gasteiger partial charge in [0.15, 0.2) is 0 Å². The Morgan fingerprint density at radius 3 is 2.19 bits per heavy atom. The number of aromatic amines is 1. The number of carbonyl (C=O) groups excluding carboxylic acids is 2. The van der Waals surface area contributed by atoms with Gasteiger partial charge in [-0.05, 0) is 72.3 Å². The molecule has 1 heterocycles. The van der Waals surface area contributed by atoms with Crippen molar-refractivity contribution in [1.82, 2.24) is 9.97 Å². The number of ether oxygens (including phenoxy) is 1. The number of aromatic nitrogens is 2. The number of hydrogen-bond acceptors (Lipinski definition) is 6. The van der Waals surface area contributed by atoms with Crippen LogP contribution < -0.4 is 15.4 Å². The average Bonchev–Trinajstić information content (AvgIpc) is 3.39. The number of hydrogen-bond donors (Lipinski definition) is 4. The molecule has 5 aromatic rings. The summed E-state index contributed by atoms with van der Waals surface area (Å²) in [7, 11) is 1.49. The minimum Gasteiger partial charge on any atom is -0.506 e. The van der Waals surface area contributed by atoms with E-state index >= 15 is 0 Å². The van der Waals surface area contributed by atoms with Gasteiger partial charge in [-0.2, -0.15) is 0 Å². The summed E-state index contributed by atoms with van der Waals surface area (Å²) < 4.78 is 33.2. The normalized spacial score (nSPS) is 11.6. The van der Waals surface area contributed by atoms with Gasteiger partial charge in [0.1, 0.15) is 34.5 Å². The number of halogens is 2. The molecule has 4 aromatic carbocycles. The minimum absolute atomic E-state index is 0.0266. The van der Waals surface area contributed by atoms with Gasteiger partial charge in [0.25, 0.3) is 0 Å². The van der Waals surface area contributed by atoms with Crippen LogP contribution in [0.3, 0.4) is 0 Å². The van der Waals surface area contributed by atoms with Gasteiger partial charge >= 0.3 is 0 Å². The zero-order valence-corrected chi connectivity index (χ0v) is 22.7. The SMILES string of the molecule is COc1ccc(C(=O)/C(=C(/O)c2cc(F)cc(F)c2)c2nc3ccc(NCc4ccc(NC(C)=O)cc4)cc3[nH]2)cc1. The highest BCUT2D eigenvalue weighted by atomic mass is 19.1. The second kappa shape index (κ2) is 11.9. The van der Waals surface area contributed by atoms with Gasteiger partial charge in [0.2, 0.25) is 11.7 Å². The molecule has 0 saturated heterocycles.